The fourth-order valence-corrected chi connectivity index (χ4v) is 2.05. The van der Waals surface area contributed by atoms with Gasteiger partial charge in [0, 0.05) is 10.9 Å². The van der Waals surface area contributed by atoms with Crippen LogP contribution in [0.15, 0.2) is 17.5 Å². The standard InChI is InChI=1S/C9H13NOS/c1-7(9-3-2-4-12-9)10-8-5-11-6-8/h2-4,7-8,10H,5-6H2,1H3. The summed E-state index contributed by atoms with van der Waals surface area (Å²) in [4.78, 5) is 1.40. The van der Waals surface area contributed by atoms with E-state index in [0.29, 0.717) is 12.1 Å². The average Bonchev–Trinajstić information content (AvgIpc) is 2.47. The summed E-state index contributed by atoms with van der Waals surface area (Å²) in [6.45, 7) is 3.94. The maximum absolute atomic E-state index is 5.09. The van der Waals surface area contributed by atoms with Crippen LogP contribution in [0.25, 0.3) is 0 Å². The maximum atomic E-state index is 5.09. The van der Waals surface area contributed by atoms with E-state index in [1.165, 1.54) is 4.88 Å². The Balaban J connectivity index is 1.87. The summed E-state index contributed by atoms with van der Waals surface area (Å²) < 4.78 is 5.09. The van der Waals surface area contributed by atoms with Crippen LogP contribution in [0.5, 0.6) is 0 Å². The van der Waals surface area contributed by atoms with Crippen LogP contribution in [0.4, 0.5) is 0 Å². The number of hydrogen-bond donors (Lipinski definition) is 1. The van der Waals surface area contributed by atoms with Gasteiger partial charge in [0.1, 0.15) is 0 Å². The van der Waals surface area contributed by atoms with Crippen LogP contribution < -0.4 is 5.32 Å². The minimum absolute atomic E-state index is 0.471. The molecule has 0 saturated carbocycles. The Kier molecular flexibility index (Phi) is 2.44. The lowest BCUT2D eigenvalue weighted by atomic mass is 10.2. The van der Waals surface area contributed by atoms with E-state index < -0.39 is 0 Å². The first-order valence-corrected chi connectivity index (χ1v) is 5.11. The highest BCUT2D eigenvalue weighted by atomic mass is 32.1. The highest BCUT2D eigenvalue weighted by Crippen LogP contribution is 2.19. The van der Waals surface area contributed by atoms with Gasteiger partial charge in [0.25, 0.3) is 0 Å². The van der Waals surface area contributed by atoms with Crippen molar-refractivity contribution in [2.45, 2.75) is 19.0 Å². The predicted molar refractivity (Wildman–Crippen MR) is 50.5 cm³/mol. The predicted octanol–water partition coefficient (Wildman–Crippen LogP) is 1.80. The summed E-state index contributed by atoms with van der Waals surface area (Å²) in [6, 6.07) is 5.30. The fourth-order valence-electron chi connectivity index (χ4n) is 1.31. The molecule has 12 heavy (non-hydrogen) atoms. The van der Waals surface area contributed by atoms with Gasteiger partial charge in [-0.3, -0.25) is 0 Å². The quantitative estimate of drug-likeness (QED) is 0.771. The molecule has 2 heterocycles. The van der Waals surface area contributed by atoms with Crippen molar-refractivity contribution in [3.63, 3.8) is 0 Å². The fraction of sp³-hybridized carbons (Fsp3) is 0.556. The second-order valence-corrected chi connectivity index (χ2v) is 4.12. The molecule has 2 nitrogen and oxygen atoms in total. The highest BCUT2D eigenvalue weighted by Gasteiger charge is 2.20. The zero-order valence-electron chi connectivity index (χ0n) is 7.12. The van der Waals surface area contributed by atoms with Gasteiger partial charge < -0.3 is 10.1 Å². The molecule has 1 aromatic heterocycles. The Labute approximate surface area is 76.6 Å². The Morgan fingerprint density at radius 2 is 2.50 bits per heavy atom. The van der Waals surface area contributed by atoms with Crippen molar-refractivity contribution in [1.82, 2.24) is 5.32 Å². The topological polar surface area (TPSA) is 21.3 Å². The molecular formula is C9H13NOS. The average molecular weight is 183 g/mol. The molecule has 1 aliphatic rings. The molecule has 0 aliphatic carbocycles. The Hall–Kier alpha value is -0.380. The molecule has 1 unspecified atom stereocenters. The van der Waals surface area contributed by atoms with Gasteiger partial charge in [-0.2, -0.15) is 0 Å². The van der Waals surface area contributed by atoms with Crippen LogP contribution in [0, 0.1) is 0 Å². The largest absolute Gasteiger partial charge is 0.378 e. The molecule has 0 radical (unpaired) electrons. The Bertz CT molecular complexity index is 231. The highest BCUT2D eigenvalue weighted by molar-refractivity contribution is 7.10. The second kappa shape index (κ2) is 3.56. The van der Waals surface area contributed by atoms with Crippen molar-refractivity contribution < 1.29 is 4.74 Å². The van der Waals surface area contributed by atoms with Gasteiger partial charge in [-0.05, 0) is 18.4 Å². The van der Waals surface area contributed by atoms with E-state index in [9.17, 15) is 0 Å². The summed E-state index contributed by atoms with van der Waals surface area (Å²) in [5.74, 6) is 0. The molecule has 0 amide bonds. The van der Waals surface area contributed by atoms with Crippen LogP contribution in [-0.2, 0) is 4.74 Å². The van der Waals surface area contributed by atoms with E-state index in [0.717, 1.165) is 13.2 Å². The third kappa shape index (κ3) is 1.68. The molecule has 0 spiro atoms. The monoisotopic (exact) mass is 183 g/mol. The zero-order valence-corrected chi connectivity index (χ0v) is 7.93. The third-order valence-electron chi connectivity index (χ3n) is 2.09. The lowest BCUT2D eigenvalue weighted by molar-refractivity contribution is -0.00909. The van der Waals surface area contributed by atoms with Gasteiger partial charge in [0.2, 0.25) is 0 Å². The van der Waals surface area contributed by atoms with Crippen molar-refractivity contribution >= 4 is 11.3 Å². The van der Waals surface area contributed by atoms with Crippen LogP contribution in [0.3, 0.4) is 0 Å². The molecule has 1 fully saturated rings. The van der Waals surface area contributed by atoms with Gasteiger partial charge in [-0.1, -0.05) is 6.07 Å². The molecule has 0 aromatic carbocycles. The lowest BCUT2D eigenvalue weighted by Gasteiger charge is -2.29. The van der Waals surface area contributed by atoms with Crippen LogP contribution >= 0.6 is 11.3 Å². The lowest BCUT2D eigenvalue weighted by Crippen LogP contribution is -2.46. The van der Waals surface area contributed by atoms with Crippen LogP contribution in [0.1, 0.15) is 17.8 Å². The van der Waals surface area contributed by atoms with Crippen LogP contribution in [-0.4, -0.2) is 19.3 Å². The molecule has 3 heteroatoms. The van der Waals surface area contributed by atoms with E-state index in [1.54, 1.807) is 11.3 Å². The first-order valence-electron chi connectivity index (χ1n) is 4.23. The Morgan fingerprint density at radius 3 is 3.00 bits per heavy atom. The first-order chi connectivity index (χ1) is 5.86. The second-order valence-electron chi connectivity index (χ2n) is 3.14. The van der Waals surface area contributed by atoms with Gasteiger partial charge in [0.05, 0.1) is 19.3 Å². The summed E-state index contributed by atoms with van der Waals surface area (Å²) in [5.41, 5.74) is 0. The Morgan fingerprint density at radius 1 is 1.67 bits per heavy atom. The van der Waals surface area contributed by atoms with E-state index in [4.69, 9.17) is 4.74 Å². The summed E-state index contributed by atoms with van der Waals surface area (Å²) in [6.07, 6.45) is 0. The minimum Gasteiger partial charge on any atom is -0.378 e. The van der Waals surface area contributed by atoms with Crippen LogP contribution in [0.2, 0.25) is 0 Å². The number of ether oxygens (including phenoxy) is 1. The van der Waals surface area contributed by atoms with Crippen molar-refractivity contribution in [2.24, 2.45) is 0 Å². The molecule has 1 N–H and O–H groups in total. The third-order valence-corrected chi connectivity index (χ3v) is 3.15. The summed E-state index contributed by atoms with van der Waals surface area (Å²) >= 11 is 1.80. The molecule has 1 saturated heterocycles. The number of rotatable bonds is 3. The van der Waals surface area contributed by atoms with Crippen molar-refractivity contribution in [3.8, 4) is 0 Å². The van der Waals surface area contributed by atoms with Gasteiger partial charge in [-0.15, -0.1) is 11.3 Å². The molecule has 0 bridgehead atoms. The molecular weight excluding hydrogens is 170 g/mol. The van der Waals surface area contributed by atoms with E-state index in [2.05, 4.69) is 29.8 Å². The molecule has 66 valence electrons. The van der Waals surface area contributed by atoms with E-state index in [1.807, 2.05) is 0 Å². The minimum atomic E-state index is 0.471. The zero-order chi connectivity index (χ0) is 8.39. The number of hydrogen-bond acceptors (Lipinski definition) is 3. The van der Waals surface area contributed by atoms with Crippen molar-refractivity contribution in [1.29, 1.82) is 0 Å². The smallest absolute Gasteiger partial charge is 0.0643 e. The molecule has 1 aliphatic heterocycles. The molecule has 1 atom stereocenters. The molecule has 2 rings (SSSR count). The number of thiophene rings is 1. The summed E-state index contributed by atoms with van der Waals surface area (Å²) in [7, 11) is 0. The normalized spacial score (nSPS) is 20.4. The van der Waals surface area contributed by atoms with E-state index >= 15 is 0 Å². The van der Waals surface area contributed by atoms with Crippen molar-refractivity contribution in [3.05, 3.63) is 22.4 Å². The van der Waals surface area contributed by atoms with E-state index in [-0.39, 0.29) is 0 Å². The SMILES string of the molecule is CC(NC1COC1)c1cccs1. The number of nitrogens with one attached hydrogen (secondary N) is 1. The van der Waals surface area contributed by atoms with Crippen molar-refractivity contribution in [2.75, 3.05) is 13.2 Å². The van der Waals surface area contributed by atoms with Gasteiger partial charge in [0.15, 0.2) is 0 Å². The van der Waals surface area contributed by atoms with Gasteiger partial charge >= 0.3 is 0 Å². The first kappa shape index (κ1) is 8.23. The molecule has 1 aromatic rings. The maximum Gasteiger partial charge on any atom is 0.0643 e. The van der Waals surface area contributed by atoms with Gasteiger partial charge in [-0.25, -0.2) is 0 Å². The summed E-state index contributed by atoms with van der Waals surface area (Å²) in [5, 5.41) is 5.62.